The molecule has 0 aliphatic rings. The van der Waals surface area contributed by atoms with E-state index in [1.807, 2.05) is 13.0 Å². The summed E-state index contributed by atoms with van der Waals surface area (Å²) in [5, 5.41) is 6.62. The Morgan fingerprint density at radius 3 is 2.71 bits per heavy atom. The zero-order valence-corrected chi connectivity index (χ0v) is 12.3. The number of rotatable bonds is 6. The van der Waals surface area contributed by atoms with Crippen molar-refractivity contribution in [1.29, 1.82) is 0 Å². The molecule has 0 spiro atoms. The molecule has 21 heavy (non-hydrogen) atoms. The Bertz CT molecular complexity index is 622. The lowest BCUT2D eigenvalue weighted by Gasteiger charge is -2.10. The van der Waals surface area contributed by atoms with Gasteiger partial charge in [0.05, 0.1) is 25.5 Å². The quantitative estimate of drug-likeness (QED) is 0.880. The van der Waals surface area contributed by atoms with Crippen LogP contribution in [0.1, 0.15) is 21.8 Å². The van der Waals surface area contributed by atoms with Gasteiger partial charge >= 0.3 is 0 Å². The predicted molar refractivity (Wildman–Crippen MR) is 76.8 cm³/mol. The van der Waals surface area contributed by atoms with Gasteiger partial charge in [-0.1, -0.05) is 5.16 Å². The third-order valence-electron chi connectivity index (χ3n) is 2.99. The summed E-state index contributed by atoms with van der Waals surface area (Å²) in [5.74, 6) is 1.66. The molecule has 0 aliphatic carbocycles. The Labute approximate surface area is 123 Å². The first kappa shape index (κ1) is 14.9. The summed E-state index contributed by atoms with van der Waals surface area (Å²) in [5.41, 5.74) is 1.29. The van der Waals surface area contributed by atoms with Gasteiger partial charge in [0.15, 0.2) is 0 Å². The molecule has 1 N–H and O–H groups in total. The van der Waals surface area contributed by atoms with E-state index in [1.54, 1.807) is 25.3 Å². The van der Waals surface area contributed by atoms with Gasteiger partial charge in [-0.05, 0) is 19.1 Å². The number of carbonyl (C=O) groups excluding carboxylic acids is 1. The highest BCUT2D eigenvalue weighted by atomic mass is 16.5. The van der Waals surface area contributed by atoms with Crippen LogP contribution in [0, 0.1) is 6.92 Å². The Kier molecular flexibility index (Phi) is 4.81. The molecule has 1 aromatic carbocycles. The standard InChI is InChI=1S/C15H18N2O4/c1-10-8-12(21-17-10)6-7-16-15(18)13-5-4-11(19-2)9-14(13)20-3/h4-5,8-9H,6-7H2,1-3H3,(H,16,18). The zero-order valence-electron chi connectivity index (χ0n) is 12.3. The largest absolute Gasteiger partial charge is 0.497 e. The Balaban J connectivity index is 1.96. The molecule has 0 saturated heterocycles. The van der Waals surface area contributed by atoms with Crippen molar-refractivity contribution in [2.24, 2.45) is 0 Å². The number of methoxy groups -OCH3 is 2. The van der Waals surface area contributed by atoms with E-state index in [-0.39, 0.29) is 5.91 Å². The van der Waals surface area contributed by atoms with E-state index in [0.717, 1.165) is 11.5 Å². The molecular weight excluding hydrogens is 272 g/mol. The highest BCUT2D eigenvalue weighted by Crippen LogP contribution is 2.24. The van der Waals surface area contributed by atoms with Gasteiger partial charge in [0.2, 0.25) is 0 Å². The lowest BCUT2D eigenvalue weighted by molar-refractivity contribution is 0.0950. The molecule has 2 rings (SSSR count). The van der Waals surface area contributed by atoms with Gasteiger partial charge in [0.25, 0.3) is 5.91 Å². The Morgan fingerprint density at radius 1 is 1.29 bits per heavy atom. The number of amides is 1. The average molecular weight is 290 g/mol. The van der Waals surface area contributed by atoms with Gasteiger partial charge < -0.3 is 19.3 Å². The summed E-state index contributed by atoms with van der Waals surface area (Å²) in [6.45, 7) is 2.32. The highest BCUT2D eigenvalue weighted by molar-refractivity contribution is 5.97. The molecule has 1 amide bonds. The summed E-state index contributed by atoms with van der Waals surface area (Å²) in [6, 6.07) is 6.91. The van der Waals surface area contributed by atoms with Crippen molar-refractivity contribution in [3.05, 3.63) is 41.3 Å². The highest BCUT2D eigenvalue weighted by Gasteiger charge is 2.13. The molecule has 0 radical (unpaired) electrons. The zero-order chi connectivity index (χ0) is 15.2. The minimum absolute atomic E-state index is 0.203. The lowest BCUT2D eigenvalue weighted by atomic mass is 10.1. The van der Waals surface area contributed by atoms with Crippen molar-refractivity contribution < 1.29 is 18.8 Å². The maximum absolute atomic E-state index is 12.1. The Morgan fingerprint density at radius 2 is 2.10 bits per heavy atom. The van der Waals surface area contributed by atoms with Crippen LogP contribution in [0.2, 0.25) is 0 Å². The fourth-order valence-electron chi connectivity index (χ4n) is 1.91. The third-order valence-corrected chi connectivity index (χ3v) is 2.99. The maximum atomic E-state index is 12.1. The van der Waals surface area contributed by atoms with E-state index >= 15 is 0 Å². The molecule has 6 heteroatoms. The van der Waals surface area contributed by atoms with Gasteiger partial charge in [-0.2, -0.15) is 0 Å². The molecule has 1 heterocycles. The molecule has 0 fully saturated rings. The first-order valence-electron chi connectivity index (χ1n) is 6.56. The van der Waals surface area contributed by atoms with Crippen molar-refractivity contribution in [2.45, 2.75) is 13.3 Å². The number of nitrogens with zero attached hydrogens (tertiary/aromatic N) is 1. The number of hydrogen-bond donors (Lipinski definition) is 1. The van der Waals surface area contributed by atoms with E-state index in [2.05, 4.69) is 10.5 Å². The number of aromatic nitrogens is 1. The van der Waals surface area contributed by atoms with Crippen LogP contribution in [0.25, 0.3) is 0 Å². The minimum Gasteiger partial charge on any atom is -0.497 e. The number of carbonyl (C=O) groups is 1. The molecule has 0 atom stereocenters. The normalized spacial score (nSPS) is 10.2. The topological polar surface area (TPSA) is 73.6 Å². The van der Waals surface area contributed by atoms with Crippen molar-refractivity contribution in [1.82, 2.24) is 10.5 Å². The van der Waals surface area contributed by atoms with Crippen molar-refractivity contribution in [3.63, 3.8) is 0 Å². The van der Waals surface area contributed by atoms with Crippen molar-refractivity contribution in [3.8, 4) is 11.5 Å². The first-order valence-corrected chi connectivity index (χ1v) is 6.56. The SMILES string of the molecule is COc1ccc(C(=O)NCCc2cc(C)no2)c(OC)c1. The predicted octanol–water partition coefficient (Wildman–Crippen LogP) is 1.97. The van der Waals surface area contributed by atoms with Crippen LogP contribution in [0.4, 0.5) is 0 Å². The molecular formula is C15H18N2O4. The van der Waals surface area contributed by atoms with Crippen LogP contribution in [0.5, 0.6) is 11.5 Å². The van der Waals surface area contributed by atoms with Gasteiger partial charge in [-0.3, -0.25) is 4.79 Å². The summed E-state index contributed by atoms with van der Waals surface area (Å²) >= 11 is 0. The Hall–Kier alpha value is -2.50. The second-order valence-electron chi connectivity index (χ2n) is 4.51. The number of aryl methyl sites for hydroxylation is 1. The summed E-state index contributed by atoms with van der Waals surface area (Å²) in [4.78, 5) is 12.1. The van der Waals surface area contributed by atoms with Crippen LogP contribution in [-0.4, -0.2) is 31.8 Å². The number of hydrogen-bond acceptors (Lipinski definition) is 5. The van der Waals surface area contributed by atoms with Crippen LogP contribution in [0.3, 0.4) is 0 Å². The maximum Gasteiger partial charge on any atom is 0.255 e. The molecule has 0 saturated carbocycles. The molecule has 2 aromatic rings. The van der Waals surface area contributed by atoms with Crippen molar-refractivity contribution in [2.75, 3.05) is 20.8 Å². The van der Waals surface area contributed by atoms with Crippen molar-refractivity contribution >= 4 is 5.91 Å². The van der Waals surface area contributed by atoms with Gasteiger partial charge in [0.1, 0.15) is 17.3 Å². The van der Waals surface area contributed by atoms with E-state index in [0.29, 0.717) is 30.0 Å². The first-order chi connectivity index (χ1) is 10.1. The second-order valence-corrected chi connectivity index (χ2v) is 4.51. The molecule has 1 aromatic heterocycles. The average Bonchev–Trinajstić information content (AvgIpc) is 2.91. The number of nitrogens with one attached hydrogen (secondary N) is 1. The molecule has 112 valence electrons. The van der Waals surface area contributed by atoms with E-state index in [4.69, 9.17) is 14.0 Å². The van der Waals surface area contributed by atoms with Crippen LogP contribution < -0.4 is 14.8 Å². The van der Waals surface area contributed by atoms with Gasteiger partial charge in [-0.25, -0.2) is 0 Å². The monoisotopic (exact) mass is 290 g/mol. The lowest BCUT2D eigenvalue weighted by Crippen LogP contribution is -2.26. The summed E-state index contributed by atoms with van der Waals surface area (Å²) in [6.07, 6.45) is 0.588. The molecule has 0 unspecified atom stereocenters. The van der Waals surface area contributed by atoms with E-state index < -0.39 is 0 Å². The molecule has 0 aliphatic heterocycles. The second kappa shape index (κ2) is 6.78. The number of benzene rings is 1. The number of ether oxygens (including phenoxy) is 2. The van der Waals surface area contributed by atoms with Crippen LogP contribution in [0.15, 0.2) is 28.8 Å². The fraction of sp³-hybridized carbons (Fsp3) is 0.333. The van der Waals surface area contributed by atoms with Gasteiger partial charge in [-0.15, -0.1) is 0 Å². The summed E-state index contributed by atoms with van der Waals surface area (Å²) < 4.78 is 15.4. The minimum atomic E-state index is -0.203. The van der Waals surface area contributed by atoms with E-state index in [1.165, 1.54) is 7.11 Å². The van der Waals surface area contributed by atoms with Crippen LogP contribution in [-0.2, 0) is 6.42 Å². The fourth-order valence-corrected chi connectivity index (χ4v) is 1.91. The third kappa shape index (κ3) is 3.75. The summed E-state index contributed by atoms with van der Waals surface area (Å²) in [7, 11) is 3.08. The van der Waals surface area contributed by atoms with E-state index in [9.17, 15) is 4.79 Å². The molecule has 6 nitrogen and oxygen atoms in total. The molecule has 0 bridgehead atoms. The van der Waals surface area contributed by atoms with Gasteiger partial charge in [0, 0.05) is 25.1 Å². The van der Waals surface area contributed by atoms with Crippen LogP contribution >= 0.6 is 0 Å². The smallest absolute Gasteiger partial charge is 0.255 e.